The summed E-state index contributed by atoms with van der Waals surface area (Å²) in [5.74, 6) is 0. The van der Waals surface area contributed by atoms with Crippen LogP contribution in [0.25, 0.3) is 98.4 Å². The first-order chi connectivity index (χ1) is 21.3. The third-order valence-corrected chi connectivity index (χ3v) is 10.2. The van der Waals surface area contributed by atoms with Gasteiger partial charge in [-0.05, 0) is 162 Å². The molecular weight excluding hydrogens is 532 g/mol. The number of aryl methyl sites for hydroxylation is 4. The van der Waals surface area contributed by atoms with Crippen LogP contribution in [0.3, 0.4) is 0 Å². The molecule has 0 unspecified atom stereocenters. The molecule has 0 saturated heterocycles. The van der Waals surface area contributed by atoms with E-state index < -0.39 is 0 Å². The Morgan fingerprint density at radius 3 is 1.09 bits per heavy atom. The van der Waals surface area contributed by atoms with Gasteiger partial charge < -0.3 is 0 Å². The first kappa shape index (κ1) is 23.8. The van der Waals surface area contributed by atoms with Gasteiger partial charge in [0.2, 0.25) is 0 Å². The van der Waals surface area contributed by atoms with Crippen molar-refractivity contribution in [3.05, 3.63) is 106 Å². The lowest BCUT2D eigenvalue weighted by Gasteiger charge is -2.20. The lowest BCUT2D eigenvalue weighted by atomic mass is 9.82. The topological polar surface area (TPSA) is 47.6 Å². The van der Waals surface area contributed by atoms with Gasteiger partial charge in [-0.15, -0.1) is 0 Å². The van der Waals surface area contributed by atoms with Crippen LogP contribution in [0.2, 0.25) is 0 Å². The molecular formula is C42H24N2. The standard InChI is InChI=1S/C42H24N2/c1-19-5-23-7-21(3)11-33-37(23)29(9-19)31-15-27-25(17-43)14-36-40-32(16-28-26(18-44)13-35(39(31)33)41(27)42(28)36)30-10-20(2)6-24-8-22(4)12-34(40)38(24)30/h5-16H,1-4H3. The number of hydrogen-bond donors (Lipinski definition) is 0. The van der Waals surface area contributed by atoms with E-state index in [1.807, 2.05) is 0 Å². The second kappa shape index (κ2) is 7.62. The predicted molar refractivity (Wildman–Crippen MR) is 182 cm³/mol. The number of nitriles is 2. The van der Waals surface area contributed by atoms with Gasteiger partial charge >= 0.3 is 0 Å². The number of fused-ring (bicyclic) bond motifs is 8. The third kappa shape index (κ3) is 2.66. The van der Waals surface area contributed by atoms with Gasteiger partial charge in [0.15, 0.2) is 0 Å². The van der Waals surface area contributed by atoms with Crippen LogP contribution in [-0.2, 0) is 0 Å². The van der Waals surface area contributed by atoms with Crippen LogP contribution in [0, 0.1) is 50.4 Å². The van der Waals surface area contributed by atoms with Crippen molar-refractivity contribution in [2.75, 3.05) is 0 Å². The van der Waals surface area contributed by atoms with E-state index >= 15 is 0 Å². The average Bonchev–Trinajstić information content (AvgIpc) is 3.47. The maximum Gasteiger partial charge on any atom is 0.0998 e. The summed E-state index contributed by atoms with van der Waals surface area (Å²) in [4.78, 5) is 0. The molecule has 0 spiro atoms. The zero-order valence-corrected chi connectivity index (χ0v) is 24.8. The Kier molecular flexibility index (Phi) is 4.13. The van der Waals surface area contributed by atoms with E-state index in [4.69, 9.17) is 0 Å². The fourth-order valence-corrected chi connectivity index (χ4v) is 8.74. The number of hydrogen-bond acceptors (Lipinski definition) is 2. The minimum absolute atomic E-state index is 0.678. The molecule has 0 atom stereocenters. The summed E-state index contributed by atoms with van der Waals surface area (Å²) < 4.78 is 0. The number of rotatable bonds is 0. The van der Waals surface area contributed by atoms with Crippen molar-refractivity contribution in [1.29, 1.82) is 10.5 Å². The quantitative estimate of drug-likeness (QED) is 0.174. The molecule has 8 aromatic rings. The molecule has 10 rings (SSSR count). The van der Waals surface area contributed by atoms with E-state index in [9.17, 15) is 10.5 Å². The van der Waals surface area contributed by atoms with Crippen LogP contribution in [0.15, 0.2) is 72.8 Å². The lowest BCUT2D eigenvalue weighted by molar-refractivity contribution is 1.48. The third-order valence-electron chi connectivity index (χ3n) is 10.2. The van der Waals surface area contributed by atoms with Gasteiger partial charge in [-0.2, -0.15) is 10.5 Å². The summed E-state index contributed by atoms with van der Waals surface area (Å²) in [6.45, 7) is 8.62. The molecule has 0 heterocycles. The molecule has 2 aliphatic rings. The fraction of sp³-hybridized carbons (Fsp3) is 0.0952. The molecule has 0 aliphatic heterocycles. The minimum atomic E-state index is 0.678. The molecule has 0 fully saturated rings. The van der Waals surface area contributed by atoms with Crippen molar-refractivity contribution in [3.63, 3.8) is 0 Å². The van der Waals surface area contributed by atoms with E-state index in [0.29, 0.717) is 11.1 Å². The molecule has 2 aliphatic carbocycles. The molecule has 44 heavy (non-hydrogen) atoms. The average molecular weight is 557 g/mol. The van der Waals surface area contributed by atoms with Gasteiger partial charge in [0, 0.05) is 10.8 Å². The summed E-state index contributed by atoms with van der Waals surface area (Å²) in [7, 11) is 0. The maximum atomic E-state index is 10.7. The monoisotopic (exact) mass is 556 g/mol. The summed E-state index contributed by atoms with van der Waals surface area (Å²) >= 11 is 0. The van der Waals surface area contributed by atoms with Crippen molar-refractivity contribution >= 4 is 53.9 Å². The van der Waals surface area contributed by atoms with Crippen molar-refractivity contribution in [2.24, 2.45) is 0 Å². The Morgan fingerprint density at radius 1 is 0.364 bits per heavy atom. The molecule has 202 valence electrons. The van der Waals surface area contributed by atoms with E-state index in [0.717, 1.165) is 43.4 Å². The minimum Gasteiger partial charge on any atom is -0.192 e. The number of benzene rings is 8. The molecule has 2 nitrogen and oxygen atoms in total. The smallest absolute Gasteiger partial charge is 0.0998 e. The van der Waals surface area contributed by atoms with Crippen molar-refractivity contribution < 1.29 is 0 Å². The van der Waals surface area contributed by atoms with Crippen LogP contribution in [-0.4, -0.2) is 0 Å². The Balaban J connectivity index is 1.47. The maximum absolute atomic E-state index is 10.7. The molecule has 0 saturated carbocycles. The highest BCUT2D eigenvalue weighted by Gasteiger charge is 2.31. The van der Waals surface area contributed by atoms with Crippen molar-refractivity contribution in [3.8, 4) is 56.6 Å². The fourth-order valence-electron chi connectivity index (χ4n) is 8.74. The first-order valence-corrected chi connectivity index (χ1v) is 15.1. The Labute approximate surface area is 254 Å². The van der Waals surface area contributed by atoms with Gasteiger partial charge in [-0.25, -0.2) is 0 Å². The Hall–Kier alpha value is -5.70. The second-order valence-electron chi connectivity index (χ2n) is 13.1. The van der Waals surface area contributed by atoms with Crippen molar-refractivity contribution in [2.45, 2.75) is 27.7 Å². The SMILES string of the molecule is Cc1cc2c3c(cc(C)cc3c1)-c1c-2cc2c(C#N)cc3c4c(cc5c(C#N)cc1c2c53)-c1cc(C)cc2cc(C)cc-4c12. The molecule has 2 heteroatoms. The molecule has 0 aromatic heterocycles. The second-order valence-corrected chi connectivity index (χ2v) is 13.1. The van der Waals surface area contributed by atoms with Crippen LogP contribution in [0.4, 0.5) is 0 Å². The first-order valence-electron chi connectivity index (χ1n) is 15.1. The number of nitrogens with zero attached hydrogens (tertiary/aromatic N) is 2. The van der Waals surface area contributed by atoms with Gasteiger partial charge in [0.05, 0.1) is 23.3 Å². The molecule has 0 N–H and O–H groups in total. The lowest BCUT2D eigenvalue weighted by Crippen LogP contribution is -1.95. The van der Waals surface area contributed by atoms with Gasteiger partial charge in [-0.1, -0.05) is 48.5 Å². The summed E-state index contributed by atoms with van der Waals surface area (Å²) in [5, 5.41) is 32.5. The summed E-state index contributed by atoms with van der Waals surface area (Å²) in [6.07, 6.45) is 0. The Morgan fingerprint density at radius 2 is 0.727 bits per heavy atom. The highest BCUT2D eigenvalue weighted by Crippen LogP contribution is 2.57. The summed E-state index contributed by atoms with van der Waals surface area (Å²) in [6, 6.07) is 32.1. The largest absolute Gasteiger partial charge is 0.192 e. The normalized spacial score (nSPS) is 12.5. The predicted octanol–water partition coefficient (Wildman–Crippen LogP) is 11.2. The highest BCUT2D eigenvalue weighted by molar-refractivity contribution is 6.36. The van der Waals surface area contributed by atoms with Crippen LogP contribution in [0.1, 0.15) is 33.4 Å². The molecule has 0 bridgehead atoms. The molecule has 0 radical (unpaired) electrons. The van der Waals surface area contributed by atoms with Gasteiger partial charge in [-0.3, -0.25) is 0 Å². The molecule has 8 aromatic carbocycles. The van der Waals surface area contributed by atoms with Crippen molar-refractivity contribution in [1.82, 2.24) is 0 Å². The van der Waals surface area contributed by atoms with Gasteiger partial charge in [0.1, 0.15) is 0 Å². The zero-order chi connectivity index (χ0) is 29.8. The van der Waals surface area contributed by atoms with E-state index in [1.54, 1.807) is 0 Å². The van der Waals surface area contributed by atoms with Gasteiger partial charge in [0.25, 0.3) is 0 Å². The van der Waals surface area contributed by atoms with Crippen LogP contribution in [0.5, 0.6) is 0 Å². The molecule has 0 amide bonds. The van der Waals surface area contributed by atoms with Crippen LogP contribution >= 0.6 is 0 Å². The summed E-state index contributed by atoms with van der Waals surface area (Å²) in [5.41, 5.74) is 15.8. The van der Waals surface area contributed by atoms with E-state index in [-0.39, 0.29) is 0 Å². The highest BCUT2D eigenvalue weighted by atomic mass is 14.3. The van der Waals surface area contributed by atoms with E-state index in [1.165, 1.54) is 77.2 Å². The Bertz CT molecular complexity index is 2610. The van der Waals surface area contributed by atoms with Crippen LogP contribution < -0.4 is 0 Å². The van der Waals surface area contributed by atoms with E-state index in [2.05, 4.69) is 113 Å². The zero-order valence-electron chi connectivity index (χ0n) is 24.8.